The molecule has 316 valence electrons. The molecule has 2 aliphatic rings. The Morgan fingerprint density at radius 1 is 0.574 bits per heavy atom. The van der Waals surface area contributed by atoms with Crippen molar-refractivity contribution in [1.29, 1.82) is 0 Å². The van der Waals surface area contributed by atoms with Crippen LogP contribution in [0.2, 0.25) is 0 Å². The van der Waals surface area contributed by atoms with Gasteiger partial charge < -0.3 is 4.74 Å². The molecule has 2 atom stereocenters. The molecule has 2 N–H and O–H groups in total. The molecule has 0 aliphatic carbocycles. The van der Waals surface area contributed by atoms with Crippen molar-refractivity contribution in [3.63, 3.8) is 0 Å². The van der Waals surface area contributed by atoms with Gasteiger partial charge in [-0.3, -0.25) is 20.2 Å². The van der Waals surface area contributed by atoms with E-state index in [4.69, 9.17) is 4.74 Å². The number of amides is 2. The van der Waals surface area contributed by atoms with Crippen LogP contribution in [0.15, 0.2) is 118 Å². The van der Waals surface area contributed by atoms with E-state index in [-0.39, 0.29) is 33.7 Å². The quantitative estimate of drug-likeness (QED) is 0.122. The van der Waals surface area contributed by atoms with Crippen molar-refractivity contribution in [2.45, 2.75) is 74.2 Å². The van der Waals surface area contributed by atoms with Crippen LogP contribution in [-0.4, -0.2) is 72.4 Å². The highest BCUT2D eigenvalue weighted by molar-refractivity contribution is 7.89. The van der Waals surface area contributed by atoms with E-state index < -0.39 is 20.0 Å². The van der Waals surface area contributed by atoms with Gasteiger partial charge in [0.25, 0.3) is 11.8 Å². The van der Waals surface area contributed by atoms with Crippen molar-refractivity contribution in [2.75, 3.05) is 23.7 Å². The Morgan fingerprint density at radius 2 is 0.951 bits per heavy atom. The zero-order valence-electron chi connectivity index (χ0n) is 33.5. The number of anilines is 2. The summed E-state index contributed by atoms with van der Waals surface area (Å²) < 4.78 is 61.9. The Morgan fingerprint density at radius 3 is 1.31 bits per heavy atom. The van der Waals surface area contributed by atoms with Gasteiger partial charge >= 0.3 is 0 Å². The van der Waals surface area contributed by atoms with E-state index >= 15 is 0 Å². The first-order valence-corrected chi connectivity index (χ1v) is 24.7. The number of carbonyl (C=O) groups is 2. The molecule has 2 saturated heterocycles. The molecule has 2 fully saturated rings. The highest BCUT2D eigenvalue weighted by Crippen LogP contribution is 2.32. The summed E-state index contributed by atoms with van der Waals surface area (Å²) in [6.45, 7) is 4.86. The summed E-state index contributed by atoms with van der Waals surface area (Å²) in [4.78, 5) is 35.5. The van der Waals surface area contributed by atoms with E-state index in [1.165, 1.54) is 71.2 Å². The third-order valence-electron chi connectivity index (χ3n) is 10.9. The zero-order chi connectivity index (χ0) is 42.7. The molecule has 2 aliphatic heterocycles. The molecule has 17 heteroatoms. The van der Waals surface area contributed by atoms with Crippen molar-refractivity contribution in [1.82, 2.24) is 18.6 Å². The van der Waals surface area contributed by atoms with Crippen molar-refractivity contribution in [3.05, 3.63) is 119 Å². The van der Waals surface area contributed by atoms with Gasteiger partial charge in [-0.2, -0.15) is 8.61 Å². The maximum absolute atomic E-state index is 13.2. The van der Waals surface area contributed by atoms with Crippen molar-refractivity contribution >= 4 is 64.8 Å². The minimum absolute atomic E-state index is 0.0525. The zero-order valence-corrected chi connectivity index (χ0v) is 36.7. The number of carbonyl (C=O) groups excluding carboxylic acids is 2. The van der Waals surface area contributed by atoms with E-state index in [1.807, 2.05) is 73.1 Å². The molecule has 6 aromatic rings. The van der Waals surface area contributed by atoms with Crippen molar-refractivity contribution < 1.29 is 31.2 Å². The lowest BCUT2D eigenvalue weighted by Gasteiger charge is -2.32. The summed E-state index contributed by atoms with van der Waals surface area (Å²) in [6.07, 6.45) is 5.39. The maximum atomic E-state index is 13.2. The van der Waals surface area contributed by atoms with Gasteiger partial charge in [-0.25, -0.2) is 26.8 Å². The predicted octanol–water partition coefficient (Wildman–Crippen LogP) is 9.36. The minimum Gasteiger partial charge on any atom is -0.457 e. The van der Waals surface area contributed by atoms with E-state index in [9.17, 15) is 26.4 Å². The van der Waals surface area contributed by atoms with Gasteiger partial charge in [0.15, 0.2) is 10.3 Å². The number of nitrogens with one attached hydrogen (secondary N) is 2. The minimum atomic E-state index is -3.63. The van der Waals surface area contributed by atoms with Crippen LogP contribution in [-0.2, 0) is 20.0 Å². The summed E-state index contributed by atoms with van der Waals surface area (Å²) in [5.41, 5.74) is 3.68. The Labute approximate surface area is 363 Å². The average molecular weight is 897 g/mol. The van der Waals surface area contributed by atoms with Crippen LogP contribution in [0, 0.1) is 0 Å². The number of ether oxygens (including phenoxy) is 1. The molecule has 4 heterocycles. The normalized spacial score (nSPS) is 17.7. The van der Waals surface area contributed by atoms with Gasteiger partial charge in [0, 0.05) is 58.2 Å². The molecule has 8 rings (SSSR count). The topological polar surface area (TPSA) is 168 Å². The molecule has 0 spiro atoms. The lowest BCUT2D eigenvalue weighted by Crippen LogP contribution is -2.41. The summed E-state index contributed by atoms with van der Waals surface area (Å²) in [5, 5.41) is 10.1. The lowest BCUT2D eigenvalue weighted by atomic mass is 10.1. The van der Waals surface area contributed by atoms with Crippen LogP contribution in [0.4, 0.5) is 10.3 Å². The Hall–Kier alpha value is -5.30. The number of benzene rings is 4. The third-order valence-corrected chi connectivity index (χ3v) is 16.5. The largest absolute Gasteiger partial charge is 0.457 e. The number of thiazole rings is 2. The number of nitrogens with zero attached hydrogens (tertiary/aromatic N) is 4. The Kier molecular flexibility index (Phi) is 12.5. The van der Waals surface area contributed by atoms with Gasteiger partial charge in [0.2, 0.25) is 20.0 Å². The van der Waals surface area contributed by atoms with Crippen LogP contribution >= 0.6 is 22.7 Å². The van der Waals surface area contributed by atoms with Crippen LogP contribution in [0.5, 0.6) is 11.5 Å². The second kappa shape index (κ2) is 18.0. The summed E-state index contributed by atoms with van der Waals surface area (Å²) in [5.74, 6) is 0.465. The third kappa shape index (κ3) is 9.46. The predicted molar refractivity (Wildman–Crippen MR) is 238 cm³/mol. The standard InChI is InChI=1S/C44H44N6O7S4/c1-29-7-3-5-25-49(29)60(53,54)37-21-13-33(14-22-37)41(51)47-43-45-39(27-58-43)31-9-17-35(18-10-31)57-36-19-11-32(12-20-36)40-28-59-44(46-40)48-42(52)34-15-23-38(24-16-34)61(55,56)50-26-6-4-8-30(50)2/h9-24,27-30H,3-8,25-26H2,1-2H3,(H,45,47,51)(H,46,48,52). The van der Waals surface area contributed by atoms with E-state index in [2.05, 4.69) is 20.6 Å². The molecule has 0 saturated carbocycles. The number of sulfonamides is 2. The second-order valence-corrected chi connectivity index (χ2v) is 20.6. The van der Waals surface area contributed by atoms with E-state index in [1.54, 1.807) is 8.61 Å². The van der Waals surface area contributed by atoms with Gasteiger partial charge in [-0.05, 0) is 137 Å². The molecule has 4 aromatic carbocycles. The fraction of sp³-hybridized carbons (Fsp3) is 0.273. The van der Waals surface area contributed by atoms with Crippen LogP contribution in [0.3, 0.4) is 0 Å². The highest BCUT2D eigenvalue weighted by atomic mass is 32.2. The summed E-state index contributed by atoms with van der Waals surface area (Å²) in [7, 11) is -7.26. The maximum Gasteiger partial charge on any atom is 0.257 e. The molecule has 0 radical (unpaired) electrons. The summed E-state index contributed by atoms with van der Waals surface area (Å²) >= 11 is 2.57. The molecular weight excluding hydrogens is 853 g/mol. The first kappa shape index (κ1) is 42.4. The molecule has 13 nitrogen and oxygen atoms in total. The van der Waals surface area contributed by atoms with Gasteiger partial charge in [-0.15, -0.1) is 22.7 Å². The number of rotatable bonds is 12. The molecular formula is C44H44N6O7S4. The van der Waals surface area contributed by atoms with Gasteiger partial charge in [0.05, 0.1) is 21.2 Å². The van der Waals surface area contributed by atoms with Gasteiger partial charge in [-0.1, -0.05) is 12.8 Å². The fourth-order valence-electron chi connectivity index (χ4n) is 7.47. The molecule has 61 heavy (non-hydrogen) atoms. The molecule has 2 unspecified atom stereocenters. The number of aromatic nitrogens is 2. The molecule has 2 amide bonds. The first-order chi connectivity index (χ1) is 29.3. The monoisotopic (exact) mass is 896 g/mol. The van der Waals surface area contributed by atoms with Gasteiger partial charge in [0.1, 0.15) is 11.5 Å². The summed E-state index contributed by atoms with van der Waals surface area (Å²) in [6, 6.07) is 26.7. The van der Waals surface area contributed by atoms with Crippen molar-refractivity contribution in [3.8, 4) is 34.0 Å². The number of hydrogen-bond donors (Lipinski definition) is 2. The van der Waals surface area contributed by atoms with Crippen LogP contribution in [0.25, 0.3) is 22.5 Å². The van der Waals surface area contributed by atoms with Crippen molar-refractivity contribution in [2.24, 2.45) is 0 Å². The lowest BCUT2D eigenvalue weighted by molar-refractivity contribution is 0.101. The molecule has 0 bridgehead atoms. The van der Waals surface area contributed by atoms with Crippen LogP contribution < -0.4 is 15.4 Å². The highest BCUT2D eigenvalue weighted by Gasteiger charge is 2.32. The fourth-order valence-corrected chi connectivity index (χ4v) is 12.3. The van der Waals surface area contributed by atoms with E-state index in [0.717, 1.165) is 49.7 Å². The smallest absolute Gasteiger partial charge is 0.257 e. The number of hydrogen-bond acceptors (Lipinski definition) is 11. The SMILES string of the molecule is CC1CCCCN1S(=O)(=O)c1ccc(C(=O)Nc2nc(-c3ccc(Oc4ccc(-c5csc(NC(=O)c6ccc(S(=O)(=O)N7CCCCC7C)cc6)n5)cc4)cc3)cs2)cc1. The van der Waals surface area contributed by atoms with E-state index in [0.29, 0.717) is 57.4 Å². The average Bonchev–Trinajstić information content (AvgIpc) is 3.94. The Bertz CT molecular complexity index is 2550. The molecule has 2 aromatic heterocycles. The van der Waals surface area contributed by atoms with Crippen LogP contribution in [0.1, 0.15) is 73.1 Å². The first-order valence-electron chi connectivity index (χ1n) is 20.0. The second-order valence-electron chi connectivity index (χ2n) is 15.1. The Balaban J connectivity index is 0.829. The number of piperidine rings is 2.